The van der Waals surface area contributed by atoms with E-state index in [1.54, 1.807) is 11.7 Å². The van der Waals surface area contributed by atoms with Crippen LogP contribution < -0.4 is 10.6 Å². The van der Waals surface area contributed by atoms with E-state index >= 15 is 0 Å². The number of carbonyl (C=O) groups is 1. The molecule has 0 radical (unpaired) electrons. The second kappa shape index (κ2) is 5.32. The highest BCUT2D eigenvalue weighted by atomic mass is 35.5. The van der Waals surface area contributed by atoms with E-state index in [2.05, 4.69) is 29.6 Å². The van der Waals surface area contributed by atoms with Crippen molar-refractivity contribution >= 4 is 23.2 Å². The number of hydrogen-bond donors (Lipinski definition) is 2. The molecule has 116 valence electrons. The number of nitrogens with zero attached hydrogens (tertiary/aromatic N) is 2. The SMILES string of the molecule is Cc1cccc2c1C(=O)N[C@H](c1c(C(C)C)nn(C)c1Cl)N2. The average molecular weight is 319 g/mol. The van der Waals surface area contributed by atoms with E-state index in [-0.39, 0.29) is 18.0 Å². The lowest BCUT2D eigenvalue weighted by Gasteiger charge is -2.29. The fraction of sp³-hybridized carbons (Fsp3) is 0.375. The first-order valence-electron chi connectivity index (χ1n) is 7.29. The van der Waals surface area contributed by atoms with Gasteiger partial charge in [0.15, 0.2) is 0 Å². The Bertz CT molecular complexity index is 751. The first kappa shape index (κ1) is 14.9. The van der Waals surface area contributed by atoms with Crippen molar-refractivity contribution in [3.05, 3.63) is 45.7 Å². The molecule has 2 heterocycles. The quantitative estimate of drug-likeness (QED) is 0.892. The number of hydrogen-bond acceptors (Lipinski definition) is 3. The van der Waals surface area contributed by atoms with E-state index in [0.29, 0.717) is 10.7 Å². The summed E-state index contributed by atoms with van der Waals surface area (Å²) in [7, 11) is 1.81. The molecule has 1 aliphatic rings. The van der Waals surface area contributed by atoms with Gasteiger partial charge in [-0.15, -0.1) is 0 Å². The van der Waals surface area contributed by atoms with E-state index in [9.17, 15) is 4.79 Å². The van der Waals surface area contributed by atoms with Crippen LogP contribution in [0.25, 0.3) is 0 Å². The highest BCUT2D eigenvalue weighted by molar-refractivity contribution is 6.30. The Balaban J connectivity index is 2.08. The van der Waals surface area contributed by atoms with E-state index in [1.807, 2.05) is 25.1 Å². The van der Waals surface area contributed by atoms with Crippen molar-refractivity contribution in [2.24, 2.45) is 7.05 Å². The molecule has 5 nitrogen and oxygen atoms in total. The first-order valence-corrected chi connectivity index (χ1v) is 7.67. The van der Waals surface area contributed by atoms with Gasteiger partial charge < -0.3 is 10.6 Å². The summed E-state index contributed by atoms with van der Waals surface area (Å²) in [5.74, 6) is 0.123. The van der Waals surface area contributed by atoms with Crippen LogP contribution in [0, 0.1) is 6.92 Å². The van der Waals surface area contributed by atoms with Crippen LogP contribution in [-0.2, 0) is 7.05 Å². The molecule has 1 aliphatic heterocycles. The smallest absolute Gasteiger partial charge is 0.255 e. The zero-order valence-electron chi connectivity index (χ0n) is 13.1. The summed E-state index contributed by atoms with van der Waals surface area (Å²) >= 11 is 6.41. The predicted octanol–water partition coefficient (Wildman–Crippen LogP) is 3.36. The molecule has 2 N–H and O–H groups in total. The van der Waals surface area contributed by atoms with Crippen LogP contribution >= 0.6 is 11.6 Å². The van der Waals surface area contributed by atoms with Gasteiger partial charge in [-0.1, -0.05) is 37.6 Å². The van der Waals surface area contributed by atoms with Gasteiger partial charge in [-0.25, -0.2) is 0 Å². The summed E-state index contributed by atoms with van der Waals surface area (Å²) in [6.07, 6.45) is -0.375. The topological polar surface area (TPSA) is 59.0 Å². The van der Waals surface area contributed by atoms with Gasteiger partial charge >= 0.3 is 0 Å². The van der Waals surface area contributed by atoms with Crippen molar-refractivity contribution in [1.29, 1.82) is 0 Å². The number of benzene rings is 1. The van der Waals surface area contributed by atoms with E-state index in [1.165, 1.54) is 0 Å². The molecule has 22 heavy (non-hydrogen) atoms. The Labute approximate surface area is 134 Å². The van der Waals surface area contributed by atoms with Gasteiger partial charge in [0, 0.05) is 12.7 Å². The lowest BCUT2D eigenvalue weighted by Crippen LogP contribution is -2.39. The van der Waals surface area contributed by atoms with Crippen LogP contribution in [-0.4, -0.2) is 15.7 Å². The molecule has 0 saturated carbocycles. The van der Waals surface area contributed by atoms with Gasteiger partial charge in [0.1, 0.15) is 11.3 Å². The maximum Gasteiger partial charge on any atom is 0.255 e. The van der Waals surface area contributed by atoms with Crippen molar-refractivity contribution in [2.75, 3.05) is 5.32 Å². The fourth-order valence-electron chi connectivity index (χ4n) is 2.86. The molecule has 1 aromatic carbocycles. The van der Waals surface area contributed by atoms with Gasteiger partial charge in [0.25, 0.3) is 5.91 Å². The standard InChI is InChI=1S/C16H19ClN4O/c1-8(2)13-12(14(17)21(4)20-13)15-18-10-7-5-6-9(3)11(10)16(22)19-15/h5-8,15,18H,1-4H3,(H,19,22)/t15-/m1/s1. The third-order valence-electron chi connectivity index (χ3n) is 3.95. The van der Waals surface area contributed by atoms with Crippen molar-refractivity contribution < 1.29 is 4.79 Å². The summed E-state index contributed by atoms with van der Waals surface area (Å²) in [6.45, 7) is 6.05. The number of aromatic nitrogens is 2. The Kier molecular flexibility index (Phi) is 3.60. The molecule has 0 saturated heterocycles. The first-order chi connectivity index (χ1) is 10.4. The maximum atomic E-state index is 12.5. The number of carbonyl (C=O) groups excluding carboxylic acids is 1. The molecule has 0 unspecified atom stereocenters. The Hall–Kier alpha value is -2.01. The van der Waals surface area contributed by atoms with E-state index in [0.717, 1.165) is 22.5 Å². The molecular weight excluding hydrogens is 300 g/mol. The Morgan fingerprint density at radius 2 is 2.05 bits per heavy atom. The summed E-state index contributed by atoms with van der Waals surface area (Å²) in [4.78, 5) is 12.5. The van der Waals surface area contributed by atoms with Crippen LogP contribution in [0.5, 0.6) is 0 Å². The molecule has 1 amide bonds. The minimum Gasteiger partial charge on any atom is -0.361 e. The van der Waals surface area contributed by atoms with Gasteiger partial charge in [-0.05, 0) is 24.5 Å². The van der Waals surface area contributed by atoms with Gasteiger partial charge in [0.2, 0.25) is 0 Å². The second-order valence-electron chi connectivity index (χ2n) is 5.92. The van der Waals surface area contributed by atoms with Gasteiger partial charge in [0.05, 0.1) is 16.8 Å². The molecule has 6 heteroatoms. The lowest BCUT2D eigenvalue weighted by molar-refractivity contribution is 0.0935. The van der Waals surface area contributed by atoms with Crippen molar-refractivity contribution in [3.8, 4) is 0 Å². The van der Waals surface area contributed by atoms with Crippen LogP contribution in [0.1, 0.15) is 53.1 Å². The highest BCUT2D eigenvalue weighted by Crippen LogP contribution is 2.35. The Morgan fingerprint density at radius 1 is 1.32 bits per heavy atom. The number of halogens is 1. The van der Waals surface area contributed by atoms with Crippen molar-refractivity contribution in [1.82, 2.24) is 15.1 Å². The number of rotatable bonds is 2. The number of anilines is 1. The highest BCUT2D eigenvalue weighted by Gasteiger charge is 2.31. The fourth-order valence-corrected chi connectivity index (χ4v) is 3.11. The normalized spacial score (nSPS) is 17.2. The van der Waals surface area contributed by atoms with Gasteiger partial charge in [-0.2, -0.15) is 5.10 Å². The van der Waals surface area contributed by atoms with Crippen LogP contribution in [0.3, 0.4) is 0 Å². The molecule has 3 rings (SSSR count). The summed E-state index contributed by atoms with van der Waals surface area (Å²) in [5.41, 5.74) is 4.18. The zero-order chi connectivity index (χ0) is 16.0. The Morgan fingerprint density at radius 3 is 2.73 bits per heavy atom. The van der Waals surface area contributed by atoms with Crippen LogP contribution in [0.4, 0.5) is 5.69 Å². The molecule has 0 aliphatic carbocycles. The van der Waals surface area contributed by atoms with Crippen LogP contribution in [0.2, 0.25) is 5.15 Å². The summed E-state index contributed by atoms with van der Waals surface area (Å²) in [6, 6.07) is 5.77. The van der Waals surface area contributed by atoms with Crippen LogP contribution in [0.15, 0.2) is 18.2 Å². The minimum atomic E-state index is -0.375. The molecule has 0 fully saturated rings. The largest absolute Gasteiger partial charge is 0.361 e. The number of aryl methyl sites for hydroxylation is 2. The number of fused-ring (bicyclic) bond motifs is 1. The zero-order valence-corrected chi connectivity index (χ0v) is 13.8. The third kappa shape index (κ3) is 2.25. The van der Waals surface area contributed by atoms with Crippen molar-refractivity contribution in [3.63, 3.8) is 0 Å². The van der Waals surface area contributed by atoms with Gasteiger partial charge in [-0.3, -0.25) is 9.48 Å². The second-order valence-corrected chi connectivity index (χ2v) is 6.27. The molecular formula is C16H19ClN4O. The summed E-state index contributed by atoms with van der Waals surface area (Å²) < 4.78 is 1.64. The summed E-state index contributed by atoms with van der Waals surface area (Å²) in [5, 5.41) is 11.4. The molecule has 2 aromatic rings. The predicted molar refractivity (Wildman–Crippen MR) is 87.3 cm³/mol. The maximum absolute atomic E-state index is 12.5. The molecule has 1 atom stereocenters. The van der Waals surface area contributed by atoms with E-state index < -0.39 is 0 Å². The minimum absolute atomic E-state index is 0.0912. The third-order valence-corrected chi connectivity index (χ3v) is 4.40. The molecule has 1 aromatic heterocycles. The number of amides is 1. The van der Waals surface area contributed by atoms with Crippen molar-refractivity contribution in [2.45, 2.75) is 32.9 Å². The van der Waals surface area contributed by atoms with E-state index in [4.69, 9.17) is 11.6 Å². The number of nitrogens with one attached hydrogen (secondary N) is 2. The molecule has 0 bridgehead atoms. The average Bonchev–Trinajstić information content (AvgIpc) is 2.75. The molecule has 0 spiro atoms. The lowest BCUT2D eigenvalue weighted by atomic mass is 9.99. The monoisotopic (exact) mass is 318 g/mol.